The van der Waals surface area contributed by atoms with Crippen molar-refractivity contribution in [3.05, 3.63) is 12.7 Å². The molecule has 0 aromatic rings. The number of primary amides is 1. The lowest BCUT2D eigenvalue weighted by molar-refractivity contribution is -0.139. The van der Waals surface area contributed by atoms with Crippen LogP contribution in [-0.2, 0) is 9.59 Å². The normalized spacial score (nSPS) is 11.1. The van der Waals surface area contributed by atoms with Gasteiger partial charge in [-0.15, -0.1) is 0 Å². The molecule has 0 radical (unpaired) electrons. The van der Waals surface area contributed by atoms with E-state index in [1.54, 1.807) is 13.8 Å². The molecule has 76 valence electrons. The SMILES string of the molecule is C=CC(N)=O.CC(C)[C@H](N)C(=O)O. The highest BCUT2D eigenvalue weighted by Crippen LogP contribution is 1.96. The summed E-state index contributed by atoms with van der Waals surface area (Å²) in [4.78, 5) is 19.5. The number of carbonyl (C=O) groups excluding carboxylic acids is 1. The second-order valence-electron chi connectivity index (χ2n) is 2.71. The topological polar surface area (TPSA) is 106 Å². The average Bonchev–Trinajstić information content (AvgIpc) is 2.03. The summed E-state index contributed by atoms with van der Waals surface area (Å²) < 4.78 is 0. The Labute approximate surface area is 77.4 Å². The van der Waals surface area contributed by atoms with Gasteiger partial charge in [-0.3, -0.25) is 9.59 Å². The Morgan fingerprint density at radius 1 is 1.46 bits per heavy atom. The minimum atomic E-state index is -0.931. The van der Waals surface area contributed by atoms with Crippen molar-refractivity contribution in [1.29, 1.82) is 0 Å². The second kappa shape index (κ2) is 7.30. The van der Waals surface area contributed by atoms with Crippen molar-refractivity contribution in [2.24, 2.45) is 17.4 Å². The molecule has 0 aromatic carbocycles. The molecule has 1 amide bonds. The fourth-order valence-corrected chi connectivity index (χ4v) is 0.285. The fraction of sp³-hybridized carbons (Fsp3) is 0.500. The molecule has 0 saturated carbocycles. The zero-order chi connectivity index (χ0) is 11.0. The van der Waals surface area contributed by atoms with E-state index >= 15 is 0 Å². The van der Waals surface area contributed by atoms with Crippen LogP contribution in [0.3, 0.4) is 0 Å². The van der Waals surface area contributed by atoms with Crippen LogP contribution in [0.1, 0.15) is 13.8 Å². The molecule has 0 fully saturated rings. The van der Waals surface area contributed by atoms with E-state index in [1.165, 1.54) is 0 Å². The molecule has 0 aliphatic carbocycles. The maximum atomic E-state index is 10.0. The largest absolute Gasteiger partial charge is 0.480 e. The first-order valence-electron chi connectivity index (χ1n) is 3.73. The van der Waals surface area contributed by atoms with Gasteiger partial charge >= 0.3 is 5.97 Å². The lowest BCUT2D eigenvalue weighted by Gasteiger charge is -2.07. The summed E-state index contributed by atoms with van der Waals surface area (Å²) in [6.45, 7) is 6.64. The highest BCUT2D eigenvalue weighted by Gasteiger charge is 2.14. The smallest absolute Gasteiger partial charge is 0.320 e. The maximum Gasteiger partial charge on any atom is 0.320 e. The van der Waals surface area contributed by atoms with Crippen LogP contribution in [0.2, 0.25) is 0 Å². The zero-order valence-corrected chi connectivity index (χ0v) is 7.86. The van der Waals surface area contributed by atoms with Gasteiger partial charge in [0.1, 0.15) is 6.04 Å². The van der Waals surface area contributed by atoms with Crippen molar-refractivity contribution in [2.75, 3.05) is 0 Å². The van der Waals surface area contributed by atoms with E-state index < -0.39 is 17.9 Å². The average molecular weight is 188 g/mol. The van der Waals surface area contributed by atoms with Gasteiger partial charge in [0, 0.05) is 0 Å². The van der Waals surface area contributed by atoms with E-state index in [9.17, 15) is 9.59 Å². The summed E-state index contributed by atoms with van der Waals surface area (Å²) in [5.41, 5.74) is 9.69. The molecule has 0 bridgehead atoms. The predicted octanol–water partition coefficient (Wildman–Crippen LogP) is -0.288. The van der Waals surface area contributed by atoms with E-state index in [2.05, 4.69) is 12.3 Å². The van der Waals surface area contributed by atoms with Crippen molar-refractivity contribution in [3.8, 4) is 0 Å². The van der Waals surface area contributed by atoms with Gasteiger partial charge in [-0.05, 0) is 12.0 Å². The van der Waals surface area contributed by atoms with Gasteiger partial charge < -0.3 is 16.6 Å². The molecule has 0 aliphatic rings. The molecule has 0 heterocycles. The first-order chi connectivity index (χ1) is 5.82. The molecule has 5 nitrogen and oxygen atoms in total. The molecule has 5 heteroatoms. The maximum absolute atomic E-state index is 10.0. The number of carboxylic acids is 1. The Morgan fingerprint density at radius 2 is 1.77 bits per heavy atom. The lowest BCUT2D eigenvalue weighted by atomic mass is 10.1. The van der Waals surface area contributed by atoms with Crippen LogP contribution < -0.4 is 11.5 Å². The van der Waals surface area contributed by atoms with Gasteiger partial charge in [0.15, 0.2) is 0 Å². The van der Waals surface area contributed by atoms with Gasteiger partial charge in [-0.1, -0.05) is 20.4 Å². The molecule has 0 saturated heterocycles. The monoisotopic (exact) mass is 188 g/mol. The molecule has 0 aliphatic heterocycles. The summed E-state index contributed by atoms with van der Waals surface area (Å²) in [6, 6.07) is -0.713. The van der Waals surface area contributed by atoms with Crippen LogP contribution in [0.15, 0.2) is 12.7 Å². The van der Waals surface area contributed by atoms with Crippen molar-refractivity contribution in [3.63, 3.8) is 0 Å². The van der Waals surface area contributed by atoms with Gasteiger partial charge in [0.25, 0.3) is 0 Å². The molecule has 1 atom stereocenters. The van der Waals surface area contributed by atoms with E-state index in [0.29, 0.717) is 0 Å². The third kappa shape index (κ3) is 10.6. The van der Waals surface area contributed by atoms with Gasteiger partial charge in [-0.25, -0.2) is 0 Å². The van der Waals surface area contributed by atoms with E-state index in [4.69, 9.17) is 10.8 Å². The zero-order valence-electron chi connectivity index (χ0n) is 7.86. The number of amides is 1. The number of carboxylic acid groups (broad SMARTS) is 1. The molecule has 13 heavy (non-hydrogen) atoms. The fourth-order valence-electron chi connectivity index (χ4n) is 0.285. The van der Waals surface area contributed by atoms with Crippen molar-refractivity contribution >= 4 is 11.9 Å². The third-order valence-corrected chi connectivity index (χ3v) is 1.20. The molecule has 5 N–H and O–H groups in total. The summed E-state index contributed by atoms with van der Waals surface area (Å²) in [5, 5.41) is 8.23. The Balaban J connectivity index is 0. The quantitative estimate of drug-likeness (QED) is 0.529. The molecule has 0 rings (SSSR count). The summed E-state index contributed by atoms with van der Waals surface area (Å²) in [6.07, 6.45) is 1.06. The summed E-state index contributed by atoms with van der Waals surface area (Å²) >= 11 is 0. The molecule has 0 spiro atoms. The number of aliphatic carboxylic acids is 1. The minimum absolute atomic E-state index is 0.0208. The van der Waals surface area contributed by atoms with E-state index in [1.807, 2.05) is 0 Å². The first kappa shape index (κ1) is 14.2. The number of hydrogen-bond acceptors (Lipinski definition) is 3. The van der Waals surface area contributed by atoms with Gasteiger partial charge in [0.2, 0.25) is 5.91 Å². The van der Waals surface area contributed by atoms with Crippen molar-refractivity contribution in [1.82, 2.24) is 0 Å². The highest BCUT2D eigenvalue weighted by atomic mass is 16.4. The molecule has 0 unspecified atom stereocenters. The molecule has 0 aromatic heterocycles. The first-order valence-corrected chi connectivity index (χ1v) is 3.73. The molecular weight excluding hydrogens is 172 g/mol. The Bertz CT molecular complexity index is 190. The summed E-state index contributed by atoms with van der Waals surface area (Å²) in [5.74, 6) is -1.39. The van der Waals surface area contributed by atoms with Crippen molar-refractivity contribution < 1.29 is 14.7 Å². The summed E-state index contributed by atoms with van der Waals surface area (Å²) in [7, 11) is 0. The second-order valence-corrected chi connectivity index (χ2v) is 2.71. The Morgan fingerprint density at radius 3 is 1.77 bits per heavy atom. The van der Waals surface area contributed by atoms with Crippen LogP contribution in [0.25, 0.3) is 0 Å². The number of rotatable bonds is 3. The predicted molar refractivity (Wildman–Crippen MR) is 49.8 cm³/mol. The van der Waals surface area contributed by atoms with Crippen LogP contribution in [-0.4, -0.2) is 23.0 Å². The van der Waals surface area contributed by atoms with E-state index in [0.717, 1.165) is 6.08 Å². The van der Waals surface area contributed by atoms with Gasteiger partial charge in [-0.2, -0.15) is 0 Å². The standard InChI is InChI=1S/C5H11NO2.C3H5NO/c1-3(2)4(6)5(7)8;1-2-3(4)5/h3-4H,6H2,1-2H3,(H,7,8);2H,1H2,(H2,4,5)/t4-;/m0./s1. The Hall–Kier alpha value is -1.36. The number of hydrogen-bond donors (Lipinski definition) is 3. The highest BCUT2D eigenvalue weighted by molar-refractivity contribution is 5.84. The van der Waals surface area contributed by atoms with Crippen LogP contribution in [0, 0.1) is 5.92 Å². The van der Waals surface area contributed by atoms with Gasteiger partial charge in [0.05, 0.1) is 0 Å². The van der Waals surface area contributed by atoms with Crippen LogP contribution in [0.4, 0.5) is 0 Å². The Kier molecular flexibility index (Phi) is 7.96. The third-order valence-electron chi connectivity index (χ3n) is 1.20. The van der Waals surface area contributed by atoms with Crippen molar-refractivity contribution in [2.45, 2.75) is 19.9 Å². The van der Waals surface area contributed by atoms with Crippen LogP contribution in [0.5, 0.6) is 0 Å². The lowest BCUT2D eigenvalue weighted by Crippen LogP contribution is -2.34. The van der Waals surface area contributed by atoms with Crippen LogP contribution >= 0.6 is 0 Å². The number of carbonyl (C=O) groups is 2. The minimum Gasteiger partial charge on any atom is -0.480 e. The number of nitrogens with two attached hydrogens (primary N) is 2. The van der Waals surface area contributed by atoms with E-state index in [-0.39, 0.29) is 5.92 Å². The molecular formula is C8H16N2O3.